The fraction of sp³-hybridized carbons (Fsp3) is 1.00. The fourth-order valence-corrected chi connectivity index (χ4v) is 3.26. The first-order valence-corrected chi connectivity index (χ1v) is 8.63. The second-order valence-corrected chi connectivity index (χ2v) is 6.62. The molecule has 3 unspecified atom stereocenters. The Bertz CT molecular complexity index is 245. The molecule has 0 aromatic heterocycles. The number of likely N-dealkylation sites (N-methyl/N-ethyl adjacent to an activating group) is 1. The third kappa shape index (κ3) is 6.11. The quantitative estimate of drug-likeness (QED) is 0.703. The average molecular weight is 284 g/mol. The van der Waals surface area contributed by atoms with Crippen LogP contribution < -0.4 is 5.32 Å². The molecule has 0 heterocycles. The van der Waals surface area contributed by atoms with Gasteiger partial charge in [0.1, 0.15) is 0 Å². The van der Waals surface area contributed by atoms with Gasteiger partial charge in [0.2, 0.25) is 0 Å². The van der Waals surface area contributed by atoms with E-state index in [-0.39, 0.29) is 0 Å². The van der Waals surface area contributed by atoms with Crippen molar-refractivity contribution in [3.05, 3.63) is 0 Å². The van der Waals surface area contributed by atoms with Gasteiger partial charge in [0, 0.05) is 18.6 Å². The molecule has 0 aromatic carbocycles. The Balaban J connectivity index is 2.48. The van der Waals surface area contributed by atoms with Gasteiger partial charge in [-0.25, -0.2) is 0 Å². The van der Waals surface area contributed by atoms with Gasteiger partial charge in [-0.05, 0) is 59.0 Å². The van der Waals surface area contributed by atoms with E-state index in [1.807, 2.05) is 0 Å². The minimum Gasteiger partial charge on any atom is -0.377 e. The maximum absolute atomic E-state index is 5.71. The largest absolute Gasteiger partial charge is 0.377 e. The molecule has 0 saturated heterocycles. The van der Waals surface area contributed by atoms with Crippen LogP contribution in [0.25, 0.3) is 0 Å². The summed E-state index contributed by atoms with van der Waals surface area (Å²) in [6, 6.07) is 1.35. The van der Waals surface area contributed by atoms with Gasteiger partial charge in [-0.1, -0.05) is 20.3 Å². The lowest BCUT2D eigenvalue weighted by Crippen LogP contribution is -2.52. The number of rotatable bonds is 9. The highest BCUT2D eigenvalue weighted by Crippen LogP contribution is 2.29. The van der Waals surface area contributed by atoms with E-state index in [1.165, 1.54) is 32.1 Å². The van der Waals surface area contributed by atoms with Crippen molar-refractivity contribution in [1.82, 2.24) is 10.2 Å². The van der Waals surface area contributed by atoms with Crippen LogP contribution in [0.1, 0.15) is 59.8 Å². The maximum atomic E-state index is 5.71. The number of nitrogens with zero attached hydrogens (tertiary/aromatic N) is 1. The van der Waals surface area contributed by atoms with E-state index in [0.29, 0.717) is 18.2 Å². The molecule has 120 valence electrons. The van der Waals surface area contributed by atoms with Crippen molar-refractivity contribution < 1.29 is 4.74 Å². The number of ether oxygens (including phenoxy) is 1. The molecule has 20 heavy (non-hydrogen) atoms. The minimum absolute atomic E-state index is 0.340. The molecule has 3 nitrogen and oxygen atoms in total. The van der Waals surface area contributed by atoms with Gasteiger partial charge in [0.15, 0.2) is 0 Å². The number of hydrogen-bond acceptors (Lipinski definition) is 3. The Morgan fingerprint density at radius 1 is 1.25 bits per heavy atom. The third-order valence-electron chi connectivity index (χ3n) is 4.62. The zero-order valence-electron chi connectivity index (χ0n) is 14.3. The molecule has 0 amide bonds. The number of nitrogens with one attached hydrogen (secondary N) is 1. The lowest BCUT2D eigenvalue weighted by atomic mass is 9.80. The Labute approximate surface area is 126 Å². The zero-order chi connectivity index (χ0) is 15.0. The SMILES string of the molecule is CCCNC1CCC(CC)CC1N(C)CCOC(C)C. The molecule has 0 spiro atoms. The Morgan fingerprint density at radius 2 is 2.00 bits per heavy atom. The first-order chi connectivity index (χ1) is 9.58. The summed E-state index contributed by atoms with van der Waals surface area (Å²) in [7, 11) is 2.27. The molecule has 1 fully saturated rings. The van der Waals surface area contributed by atoms with Gasteiger partial charge in [-0.15, -0.1) is 0 Å². The summed E-state index contributed by atoms with van der Waals surface area (Å²) in [6.45, 7) is 11.8. The van der Waals surface area contributed by atoms with Crippen LogP contribution in [0.5, 0.6) is 0 Å². The minimum atomic E-state index is 0.340. The summed E-state index contributed by atoms with van der Waals surface area (Å²) in [5, 5.41) is 3.76. The van der Waals surface area contributed by atoms with Gasteiger partial charge in [0.25, 0.3) is 0 Å². The number of hydrogen-bond donors (Lipinski definition) is 1. The Hall–Kier alpha value is -0.120. The van der Waals surface area contributed by atoms with Crippen LogP contribution in [0.15, 0.2) is 0 Å². The molecule has 3 heteroatoms. The second-order valence-electron chi connectivity index (χ2n) is 6.62. The van der Waals surface area contributed by atoms with Crippen LogP contribution in [0.4, 0.5) is 0 Å². The molecular formula is C17H36N2O. The van der Waals surface area contributed by atoms with Crippen molar-refractivity contribution in [1.29, 1.82) is 0 Å². The summed E-state index contributed by atoms with van der Waals surface area (Å²) >= 11 is 0. The van der Waals surface area contributed by atoms with Crippen molar-refractivity contribution in [2.45, 2.75) is 78.0 Å². The average Bonchev–Trinajstić information content (AvgIpc) is 2.44. The predicted molar refractivity (Wildman–Crippen MR) is 87.2 cm³/mol. The van der Waals surface area contributed by atoms with E-state index in [0.717, 1.165) is 25.6 Å². The van der Waals surface area contributed by atoms with Crippen molar-refractivity contribution in [3.63, 3.8) is 0 Å². The zero-order valence-corrected chi connectivity index (χ0v) is 14.3. The summed E-state index contributed by atoms with van der Waals surface area (Å²) in [5.41, 5.74) is 0. The summed E-state index contributed by atoms with van der Waals surface area (Å²) in [6.07, 6.45) is 6.96. The van der Waals surface area contributed by atoms with E-state index >= 15 is 0 Å². The van der Waals surface area contributed by atoms with Crippen molar-refractivity contribution in [3.8, 4) is 0 Å². The highest BCUT2D eigenvalue weighted by molar-refractivity contribution is 4.90. The van der Waals surface area contributed by atoms with Gasteiger partial charge in [0.05, 0.1) is 12.7 Å². The summed E-state index contributed by atoms with van der Waals surface area (Å²) < 4.78 is 5.71. The Kier molecular flexibility index (Phi) is 8.74. The topological polar surface area (TPSA) is 24.5 Å². The lowest BCUT2D eigenvalue weighted by Gasteiger charge is -2.41. The van der Waals surface area contributed by atoms with Crippen LogP contribution in [0.3, 0.4) is 0 Å². The monoisotopic (exact) mass is 284 g/mol. The molecule has 0 aromatic rings. The van der Waals surface area contributed by atoms with E-state index in [4.69, 9.17) is 4.74 Å². The molecule has 1 aliphatic carbocycles. The van der Waals surface area contributed by atoms with E-state index < -0.39 is 0 Å². The molecule has 1 saturated carbocycles. The summed E-state index contributed by atoms with van der Waals surface area (Å²) in [4.78, 5) is 2.53. The van der Waals surface area contributed by atoms with Gasteiger partial charge < -0.3 is 10.1 Å². The first kappa shape index (κ1) is 17.9. The first-order valence-electron chi connectivity index (χ1n) is 8.63. The van der Waals surface area contributed by atoms with Crippen molar-refractivity contribution in [2.75, 3.05) is 26.7 Å². The summed E-state index contributed by atoms with van der Waals surface area (Å²) in [5.74, 6) is 0.910. The van der Waals surface area contributed by atoms with Crippen LogP contribution in [0.2, 0.25) is 0 Å². The van der Waals surface area contributed by atoms with Crippen molar-refractivity contribution in [2.24, 2.45) is 5.92 Å². The smallest absolute Gasteiger partial charge is 0.0596 e. The van der Waals surface area contributed by atoms with E-state index in [9.17, 15) is 0 Å². The van der Waals surface area contributed by atoms with Gasteiger partial charge >= 0.3 is 0 Å². The van der Waals surface area contributed by atoms with Crippen LogP contribution >= 0.6 is 0 Å². The second kappa shape index (κ2) is 9.75. The molecule has 0 bridgehead atoms. The molecule has 1 rings (SSSR count). The van der Waals surface area contributed by atoms with Crippen LogP contribution in [-0.4, -0.2) is 49.8 Å². The molecule has 1 aliphatic rings. The van der Waals surface area contributed by atoms with Gasteiger partial charge in [-0.2, -0.15) is 0 Å². The molecule has 0 aliphatic heterocycles. The van der Waals surface area contributed by atoms with Crippen molar-refractivity contribution >= 4 is 0 Å². The van der Waals surface area contributed by atoms with Crippen LogP contribution in [-0.2, 0) is 4.74 Å². The Morgan fingerprint density at radius 3 is 2.60 bits per heavy atom. The predicted octanol–water partition coefficient (Wildman–Crippen LogP) is 3.29. The molecule has 3 atom stereocenters. The maximum Gasteiger partial charge on any atom is 0.0596 e. The standard InChI is InChI=1S/C17H36N2O/c1-6-10-18-16-9-8-15(7-2)13-17(16)19(5)11-12-20-14(3)4/h14-18H,6-13H2,1-5H3. The van der Waals surface area contributed by atoms with Gasteiger partial charge in [-0.3, -0.25) is 4.90 Å². The highest BCUT2D eigenvalue weighted by atomic mass is 16.5. The van der Waals surface area contributed by atoms with E-state index in [1.54, 1.807) is 0 Å². The van der Waals surface area contributed by atoms with Crippen LogP contribution in [0, 0.1) is 5.92 Å². The fourth-order valence-electron chi connectivity index (χ4n) is 3.26. The lowest BCUT2D eigenvalue weighted by molar-refractivity contribution is 0.0403. The molecule has 1 N–H and O–H groups in total. The highest BCUT2D eigenvalue weighted by Gasteiger charge is 2.31. The molecule has 0 radical (unpaired) electrons. The normalized spacial score (nSPS) is 27.4. The molecular weight excluding hydrogens is 248 g/mol. The van der Waals surface area contributed by atoms with E-state index in [2.05, 4.69) is 45.0 Å². The third-order valence-corrected chi connectivity index (χ3v) is 4.62.